The second-order valence-electron chi connectivity index (χ2n) is 6.26. The van der Waals surface area contributed by atoms with Crippen LogP contribution in [0.1, 0.15) is 31.8 Å². The van der Waals surface area contributed by atoms with E-state index in [0.717, 1.165) is 21.3 Å². The Hall–Kier alpha value is -2.92. The van der Waals surface area contributed by atoms with Gasteiger partial charge in [-0.2, -0.15) is 0 Å². The zero-order valence-corrected chi connectivity index (χ0v) is 16.6. The Kier molecular flexibility index (Phi) is 5.72. The minimum absolute atomic E-state index is 0.275. The first-order valence-corrected chi connectivity index (χ1v) is 9.28. The van der Waals surface area contributed by atoms with Crippen LogP contribution < -0.4 is 10.6 Å². The minimum Gasteiger partial charge on any atom is -0.322 e. The van der Waals surface area contributed by atoms with Crippen LogP contribution in [-0.2, 0) is 0 Å². The number of aryl methyl sites for hydroxylation is 2. The van der Waals surface area contributed by atoms with Gasteiger partial charge in [-0.05, 0) is 67.4 Å². The van der Waals surface area contributed by atoms with Gasteiger partial charge in [-0.1, -0.05) is 40.2 Å². The predicted octanol–water partition coefficient (Wildman–Crippen LogP) is 5.57. The zero-order chi connectivity index (χ0) is 19.4. The lowest BCUT2D eigenvalue weighted by atomic mass is 10.1. The van der Waals surface area contributed by atoms with Crippen LogP contribution in [0.5, 0.6) is 0 Å². The van der Waals surface area contributed by atoms with Crippen LogP contribution in [-0.4, -0.2) is 11.8 Å². The number of halogens is 1. The molecule has 0 saturated carbocycles. The molecule has 2 amide bonds. The number of hydrogen-bond acceptors (Lipinski definition) is 2. The molecule has 0 unspecified atom stereocenters. The van der Waals surface area contributed by atoms with Gasteiger partial charge in [-0.15, -0.1) is 0 Å². The van der Waals surface area contributed by atoms with Gasteiger partial charge in [-0.25, -0.2) is 0 Å². The van der Waals surface area contributed by atoms with E-state index in [1.54, 1.807) is 42.5 Å². The summed E-state index contributed by atoms with van der Waals surface area (Å²) in [6, 6.07) is 19.8. The fraction of sp³-hybridized carbons (Fsp3) is 0.0909. The van der Waals surface area contributed by atoms with E-state index in [-0.39, 0.29) is 11.8 Å². The maximum absolute atomic E-state index is 12.7. The highest BCUT2D eigenvalue weighted by molar-refractivity contribution is 9.10. The molecule has 0 saturated heterocycles. The molecule has 0 aromatic heterocycles. The summed E-state index contributed by atoms with van der Waals surface area (Å²) < 4.78 is 0.816. The third-order valence-electron chi connectivity index (χ3n) is 4.27. The van der Waals surface area contributed by atoms with E-state index in [4.69, 9.17) is 0 Å². The van der Waals surface area contributed by atoms with Gasteiger partial charge in [0.25, 0.3) is 11.8 Å². The van der Waals surface area contributed by atoms with Crippen molar-refractivity contribution < 1.29 is 9.59 Å². The molecule has 3 rings (SSSR count). The number of carbonyl (C=O) groups is 2. The van der Waals surface area contributed by atoms with Crippen LogP contribution in [0.4, 0.5) is 11.4 Å². The number of carbonyl (C=O) groups excluding carboxylic acids is 2. The van der Waals surface area contributed by atoms with E-state index < -0.39 is 0 Å². The van der Waals surface area contributed by atoms with Gasteiger partial charge in [-0.3, -0.25) is 9.59 Å². The lowest BCUT2D eigenvalue weighted by molar-refractivity contribution is 0.102. The molecule has 0 fully saturated rings. The standard InChI is InChI=1S/C22H19BrN2O2/c1-14-10-11-18(12-15(14)2)24-22(27)19-8-3-4-9-20(19)25-21(26)16-6-5-7-17(23)13-16/h3-13H,1-2H3,(H,24,27)(H,25,26). The third kappa shape index (κ3) is 4.63. The van der Waals surface area contributed by atoms with Gasteiger partial charge < -0.3 is 10.6 Å². The Morgan fingerprint density at radius 3 is 2.30 bits per heavy atom. The molecule has 0 heterocycles. The summed E-state index contributed by atoms with van der Waals surface area (Å²) in [4.78, 5) is 25.3. The largest absolute Gasteiger partial charge is 0.322 e. The molecule has 0 bridgehead atoms. The quantitative estimate of drug-likeness (QED) is 0.577. The summed E-state index contributed by atoms with van der Waals surface area (Å²) in [6.07, 6.45) is 0. The average molecular weight is 423 g/mol. The van der Waals surface area contributed by atoms with E-state index >= 15 is 0 Å². The van der Waals surface area contributed by atoms with Crippen LogP contribution in [0.15, 0.2) is 71.2 Å². The maximum atomic E-state index is 12.7. The Bertz CT molecular complexity index is 1010. The lowest BCUT2D eigenvalue weighted by Crippen LogP contribution is -2.18. The number of anilines is 2. The van der Waals surface area contributed by atoms with Gasteiger partial charge in [0.05, 0.1) is 11.3 Å². The lowest BCUT2D eigenvalue weighted by Gasteiger charge is -2.12. The van der Waals surface area contributed by atoms with Gasteiger partial charge in [0.15, 0.2) is 0 Å². The molecular formula is C22H19BrN2O2. The van der Waals surface area contributed by atoms with Gasteiger partial charge in [0, 0.05) is 15.7 Å². The second kappa shape index (κ2) is 8.18. The summed E-state index contributed by atoms with van der Waals surface area (Å²) in [5.41, 5.74) is 4.35. The molecule has 27 heavy (non-hydrogen) atoms. The highest BCUT2D eigenvalue weighted by atomic mass is 79.9. The van der Waals surface area contributed by atoms with Crippen molar-refractivity contribution in [3.8, 4) is 0 Å². The highest BCUT2D eigenvalue weighted by Crippen LogP contribution is 2.20. The van der Waals surface area contributed by atoms with E-state index in [0.29, 0.717) is 16.8 Å². The van der Waals surface area contributed by atoms with Crippen molar-refractivity contribution in [3.63, 3.8) is 0 Å². The number of hydrogen-bond donors (Lipinski definition) is 2. The van der Waals surface area contributed by atoms with Crippen molar-refractivity contribution in [1.29, 1.82) is 0 Å². The van der Waals surface area contributed by atoms with Crippen molar-refractivity contribution in [1.82, 2.24) is 0 Å². The predicted molar refractivity (Wildman–Crippen MR) is 112 cm³/mol. The summed E-state index contributed by atoms with van der Waals surface area (Å²) in [5.74, 6) is -0.550. The molecular weight excluding hydrogens is 404 g/mol. The van der Waals surface area contributed by atoms with Crippen molar-refractivity contribution in [2.45, 2.75) is 13.8 Å². The summed E-state index contributed by atoms with van der Waals surface area (Å²) in [5, 5.41) is 5.71. The minimum atomic E-state index is -0.275. The maximum Gasteiger partial charge on any atom is 0.257 e. The molecule has 0 aliphatic carbocycles. The van der Waals surface area contributed by atoms with Crippen molar-refractivity contribution in [2.75, 3.05) is 10.6 Å². The number of nitrogens with one attached hydrogen (secondary N) is 2. The van der Waals surface area contributed by atoms with Crippen LogP contribution >= 0.6 is 15.9 Å². The molecule has 0 atom stereocenters. The molecule has 3 aromatic rings. The molecule has 0 aliphatic heterocycles. The fourth-order valence-electron chi connectivity index (χ4n) is 2.63. The third-order valence-corrected chi connectivity index (χ3v) is 4.76. The van der Waals surface area contributed by atoms with Crippen molar-refractivity contribution >= 4 is 39.1 Å². The van der Waals surface area contributed by atoms with Crippen LogP contribution in [0, 0.1) is 13.8 Å². The van der Waals surface area contributed by atoms with Crippen LogP contribution in [0.25, 0.3) is 0 Å². The molecule has 0 spiro atoms. The fourth-order valence-corrected chi connectivity index (χ4v) is 3.03. The molecule has 0 radical (unpaired) electrons. The second-order valence-corrected chi connectivity index (χ2v) is 7.18. The van der Waals surface area contributed by atoms with E-state index in [1.165, 1.54) is 0 Å². The first kappa shape index (κ1) is 18.9. The van der Waals surface area contributed by atoms with Crippen molar-refractivity contribution in [2.24, 2.45) is 0 Å². The summed E-state index contributed by atoms with van der Waals surface area (Å²) in [6.45, 7) is 4.02. The van der Waals surface area contributed by atoms with Gasteiger partial charge >= 0.3 is 0 Å². The van der Waals surface area contributed by atoms with Gasteiger partial charge in [0.2, 0.25) is 0 Å². The van der Waals surface area contributed by atoms with E-state index in [1.807, 2.05) is 38.1 Å². The van der Waals surface area contributed by atoms with E-state index in [9.17, 15) is 9.59 Å². The molecule has 0 aliphatic rings. The number of rotatable bonds is 4. The Morgan fingerprint density at radius 1 is 0.778 bits per heavy atom. The van der Waals surface area contributed by atoms with Crippen LogP contribution in [0.2, 0.25) is 0 Å². The van der Waals surface area contributed by atoms with Gasteiger partial charge in [0.1, 0.15) is 0 Å². The molecule has 136 valence electrons. The molecule has 5 heteroatoms. The summed E-state index contributed by atoms with van der Waals surface area (Å²) >= 11 is 3.36. The number of amides is 2. The Balaban J connectivity index is 1.81. The van der Waals surface area contributed by atoms with Crippen LogP contribution in [0.3, 0.4) is 0 Å². The zero-order valence-electron chi connectivity index (χ0n) is 15.0. The average Bonchev–Trinajstić information content (AvgIpc) is 2.65. The van der Waals surface area contributed by atoms with E-state index in [2.05, 4.69) is 26.6 Å². The smallest absolute Gasteiger partial charge is 0.257 e. The highest BCUT2D eigenvalue weighted by Gasteiger charge is 2.14. The Morgan fingerprint density at radius 2 is 1.56 bits per heavy atom. The number of para-hydroxylation sites is 1. The number of benzene rings is 3. The first-order chi connectivity index (χ1) is 12.9. The monoisotopic (exact) mass is 422 g/mol. The summed E-state index contributed by atoms with van der Waals surface area (Å²) in [7, 11) is 0. The topological polar surface area (TPSA) is 58.2 Å². The van der Waals surface area contributed by atoms with Crippen molar-refractivity contribution in [3.05, 3.63) is 93.5 Å². The molecule has 4 nitrogen and oxygen atoms in total. The SMILES string of the molecule is Cc1ccc(NC(=O)c2ccccc2NC(=O)c2cccc(Br)c2)cc1C. The first-order valence-electron chi connectivity index (χ1n) is 8.48. The molecule has 2 N–H and O–H groups in total. The normalized spacial score (nSPS) is 10.3. The molecule has 3 aromatic carbocycles. The Labute approximate surface area is 166 Å².